The fraction of sp³-hybridized carbons (Fsp3) is 0.562. The van der Waals surface area contributed by atoms with Gasteiger partial charge in [-0.25, -0.2) is 48.7 Å². The molecular formula is C32H42N14O17P2. The molecule has 3 aliphatic heterocycles. The standard InChI is InChI=1S/C32H42N14O17P2/c1-55-20-13(4-3-5-47)59-31(44-10-40-16-24(33)36-8-38-28(16)44)22(20)62-65(53,54)58-7-15-21(56-2)23(32(61-15)45-11-41-17-25(34)37-9-39-29(17)45)63-64(51,52)57-6-14-18(48)19(49)30(60-14)46-12-42-27(43-46)26(35)50/h5,8-15,18-23,30-32,48-49H,3-4,6-7H2,1-2H3,(H2,35,50)(H,51,52)(H,53,54)(H2,33,36,38)(H2,34,37,39). The van der Waals surface area contributed by atoms with Crippen molar-refractivity contribution in [1.82, 2.24) is 53.8 Å². The molecule has 0 saturated carbocycles. The van der Waals surface area contributed by atoms with Gasteiger partial charge in [0.25, 0.3) is 5.91 Å². The van der Waals surface area contributed by atoms with Crippen molar-refractivity contribution in [3.05, 3.63) is 37.5 Å². The predicted octanol–water partition coefficient (Wildman–Crippen LogP) is -2.35. The van der Waals surface area contributed by atoms with E-state index in [9.17, 15) is 38.7 Å². The summed E-state index contributed by atoms with van der Waals surface area (Å²) < 4.78 is 82.7. The van der Waals surface area contributed by atoms with Crippen LogP contribution in [-0.4, -0.2) is 168 Å². The van der Waals surface area contributed by atoms with Crippen molar-refractivity contribution in [2.45, 2.75) is 86.5 Å². The van der Waals surface area contributed by atoms with Gasteiger partial charge in [0.05, 0.1) is 32.0 Å². The number of phosphoric ester groups is 2. The average molecular weight is 957 g/mol. The Bertz CT molecular complexity index is 2620. The lowest BCUT2D eigenvalue weighted by Gasteiger charge is -2.27. The van der Waals surface area contributed by atoms with Gasteiger partial charge in [-0.3, -0.25) is 32.0 Å². The number of nitrogens with two attached hydrogens (primary N) is 3. The number of aliphatic hydroxyl groups is 2. The zero-order valence-corrected chi connectivity index (χ0v) is 35.7. The summed E-state index contributed by atoms with van der Waals surface area (Å²) in [6, 6.07) is 0. The van der Waals surface area contributed by atoms with Gasteiger partial charge >= 0.3 is 15.6 Å². The number of hydrogen-bond donors (Lipinski definition) is 7. The molecule has 5 aromatic rings. The molecule has 31 nitrogen and oxygen atoms in total. The largest absolute Gasteiger partial charge is 0.472 e. The van der Waals surface area contributed by atoms with Gasteiger partial charge < -0.3 is 65.7 Å². The van der Waals surface area contributed by atoms with Crippen LogP contribution in [0.5, 0.6) is 0 Å². The molecule has 3 saturated heterocycles. The summed E-state index contributed by atoms with van der Waals surface area (Å²) in [5.41, 5.74) is 17.8. The number of hydrogen-bond acceptors (Lipinski definition) is 25. The predicted molar refractivity (Wildman–Crippen MR) is 210 cm³/mol. The van der Waals surface area contributed by atoms with E-state index in [2.05, 4.69) is 40.0 Å². The molecule has 5 aromatic heterocycles. The number of rotatable bonds is 19. The third kappa shape index (κ3) is 9.22. The molecule has 0 spiro atoms. The van der Waals surface area contributed by atoms with E-state index in [1.54, 1.807) is 0 Å². The highest BCUT2D eigenvalue weighted by atomic mass is 31.2. The molecule has 1 amide bonds. The van der Waals surface area contributed by atoms with Crippen LogP contribution in [-0.2, 0) is 55.7 Å². The first-order chi connectivity index (χ1) is 31.0. The number of carbonyl (C=O) groups is 2. The van der Waals surface area contributed by atoms with Crippen LogP contribution in [0.25, 0.3) is 22.3 Å². The number of aromatic nitrogens is 11. The van der Waals surface area contributed by atoms with E-state index < -0.39 is 114 Å². The average Bonchev–Trinajstić information content (AvgIpc) is 4.13. The third-order valence-electron chi connectivity index (χ3n) is 10.6. The fourth-order valence-electron chi connectivity index (χ4n) is 7.67. The van der Waals surface area contributed by atoms with Gasteiger partial charge in [-0.05, 0) is 6.42 Å². The lowest BCUT2D eigenvalue weighted by molar-refractivity contribution is -0.109. The van der Waals surface area contributed by atoms with E-state index in [1.807, 2.05) is 0 Å². The van der Waals surface area contributed by atoms with Gasteiger partial charge in [0.1, 0.15) is 85.1 Å². The maximum absolute atomic E-state index is 13.9. The van der Waals surface area contributed by atoms with Crippen LogP contribution in [0.4, 0.5) is 11.6 Å². The van der Waals surface area contributed by atoms with Crippen LogP contribution in [0.2, 0.25) is 0 Å². The minimum Gasteiger partial charge on any atom is -0.387 e. The number of aliphatic hydroxyl groups excluding tert-OH is 2. The number of phosphoric acid groups is 2. The molecule has 8 heterocycles. The van der Waals surface area contributed by atoms with Crippen molar-refractivity contribution in [2.75, 3.05) is 38.9 Å². The second kappa shape index (κ2) is 18.7. The summed E-state index contributed by atoms with van der Waals surface area (Å²) >= 11 is 0. The van der Waals surface area contributed by atoms with Gasteiger partial charge in [0.2, 0.25) is 5.82 Å². The number of primary amides is 1. The van der Waals surface area contributed by atoms with Gasteiger partial charge in [-0.15, -0.1) is 5.10 Å². The van der Waals surface area contributed by atoms with Crippen molar-refractivity contribution in [3.63, 3.8) is 0 Å². The summed E-state index contributed by atoms with van der Waals surface area (Å²) in [5.74, 6) is -1.34. The summed E-state index contributed by atoms with van der Waals surface area (Å²) in [5, 5.41) is 25.1. The number of ether oxygens (including phenoxy) is 5. The van der Waals surface area contributed by atoms with Crippen LogP contribution < -0.4 is 17.2 Å². The smallest absolute Gasteiger partial charge is 0.387 e. The van der Waals surface area contributed by atoms with Crippen molar-refractivity contribution in [3.8, 4) is 0 Å². The number of nitrogens with zero attached hydrogens (tertiary/aromatic N) is 11. The number of amides is 1. The van der Waals surface area contributed by atoms with Crippen LogP contribution in [0, 0.1) is 0 Å². The Morgan fingerprint density at radius 2 is 1.23 bits per heavy atom. The van der Waals surface area contributed by atoms with Crippen molar-refractivity contribution in [1.29, 1.82) is 0 Å². The van der Waals surface area contributed by atoms with E-state index in [0.717, 1.165) is 17.3 Å². The Morgan fingerprint density at radius 3 is 1.74 bits per heavy atom. The molecule has 0 bridgehead atoms. The molecule has 3 aliphatic rings. The Kier molecular flexibility index (Phi) is 13.3. The first-order valence-corrected chi connectivity index (χ1v) is 22.2. The van der Waals surface area contributed by atoms with E-state index in [4.69, 9.17) is 59.0 Å². The molecule has 10 N–H and O–H groups in total. The Balaban J connectivity index is 1.01. The van der Waals surface area contributed by atoms with Gasteiger partial charge in [-0.2, -0.15) is 0 Å². The number of fused-ring (bicyclic) bond motifs is 2. The SMILES string of the molecule is COC1C(CCC=O)OC(n2cnc3c(N)ncnc32)C1OP(=O)(O)OCC1OC(n2cnc3c(N)ncnc32)C(OP(=O)(O)OCC2OC(n3cnc(C(N)=O)n3)C(O)C2O)C1OC. The molecule has 14 atom stereocenters. The molecule has 65 heavy (non-hydrogen) atoms. The number of aldehydes is 1. The van der Waals surface area contributed by atoms with E-state index in [1.165, 1.54) is 42.3 Å². The Hall–Kier alpha value is -5.08. The second-order valence-corrected chi connectivity index (χ2v) is 17.4. The van der Waals surface area contributed by atoms with Crippen LogP contribution in [0.15, 0.2) is 31.6 Å². The Morgan fingerprint density at radius 1 is 0.723 bits per heavy atom. The molecule has 352 valence electrons. The van der Waals surface area contributed by atoms with Gasteiger partial charge in [0, 0.05) is 20.6 Å². The maximum atomic E-state index is 13.9. The quantitative estimate of drug-likeness (QED) is 0.0336. The molecule has 3 fully saturated rings. The molecule has 14 unspecified atom stereocenters. The number of nitrogen functional groups attached to an aromatic ring is 2. The molecule has 0 aromatic carbocycles. The lowest BCUT2D eigenvalue weighted by atomic mass is 10.1. The lowest BCUT2D eigenvalue weighted by Crippen LogP contribution is -2.38. The zero-order chi connectivity index (χ0) is 46.4. The summed E-state index contributed by atoms with van der Waals surface area (Å²) in [7, 11) is -7.90. The maximum Gasteiger partial charge on any atom is 0.472 e. The van der Waals surface area contributed by atoms with Crippen molar-refractivity contribution < 1.29 is 80.5 Å². The molecular weight excluding hydrogens is 914 g/mol. The van der Waals surface area contributed by atoms with Crippen molar-refractivity contribution in [2.24, 2.45) is 5.73 Å². The normalized spacial score (nSPS) is 31.1. The zero-order valence-electron chi connectivity index (χ0n) is 33.9. The monoisotopic (exact) mass is 956 g/mol. The first kappa shape index (κ1) is 46.4. The van der Waals surface area contributed by atoms with Crippen LogP contribution in [0.3, 0.4) is 0 Å². The molecule has 0 radical (unpaired) electrons. The number of carbonyl (C=O) groups excluding carboxylic acids is 2. The van der Waals surface area contributed by atoms with Crippen molar-refractivity contribution >= 4 is 61.8 Å². The number of imidazole rings is 2. The highest BCUT2D eigenvalue weighted by molar-refractivity contribution is 7.47. The van der Waals surface area contributed by atoms with E-state index in [-0.39, 0.29) is 46.8 Å². The highest BCUT2D eigenvalue weighted by Gasteiger charge is 2.54. The first-order valence-electron chi connectivity index (χ1n) is 19.2. The topological polar surface area (TPSA) is 428 Å². The third-order valence-corrected chi connectivity index (χ3v) is 12.6. The number of methoxy groups -OCH3 is 2. The summed E-state index contributed by atoms with van der Waals surface area (Å²) in [6.45, 7) is -1.63. The van der Waals surface area contributed by atoms with Gasteiger partial charge in [-0.1, -0.05) is 0 Å². The molecule has 8 rings (SSSR count). The summed E-state index contributed by atoms with van der Waals surface area (Å²) in [4.78, 5) is 73.6. The second-order valence-electron chi connectivity index (χ2n) is 14.6. The van der Waals surface area contributed by atoms with E-state index in [0.29, 0.717) is 6.29 Å². The number of anilines is 2. The van der Waals surface area contributed by atoms with Crippen LogP contribution >= 0.6 is 15.6 Å². The molecule has 0 aliphatic carbocycles. The van der Waals surface area contributed by atoms with Crippen LogP contribution in [0.1, 0.15) is 42.1 Å². The molecule has 33 heteroatoms. The minimum absolute atomic E-state index is 0.0224. The summed E-state index contributed by atoms with van der Waals surface area (Å²) in [6.07, 6.45) is -9.82. The minimum atomic E-state index is -5.24. The Labute approximate surface area is 364 Å². The fourth-order valence-corrected chi connectivity index (χ4v) is 9.53. The van der Waals surface area contributed by atoms with Gasteiger partial charge in [0.15, 0.2) is 41.6 Å². The van der Waals surface area contributed by atoms with E-state index >= 15 is 0 Å². The highest BCUT2D eigenvalue weighted by Crippen LogP contribution is 2.53.